The number of carbonyl (C=O) groups excluding carboxylic acids is 2. The minimum absolute atomic E-state index is 0.0615. The summed E-state index contributed by atoms with van der Waals surface area (Å²) >= 11 is 0. The van der Waals surface area contributed by atoms with Gasteiger partial charge in [-0.1, -0.05) is 0 Å². The third-order valence-corrected chi connectivity index (χ3v) is 5.30. The average molecular weight is 374 g/mol. The zero-order valence-electron chi connectivity index (χ0n) is 16.2. The number of hydrogen-bond acceptors (Lipinski definition) is 5. The number of ether oxygens (including phenoxy) is 3. The van der Waals surface area contributed by atoms with Crippen LogP contribution in [0.3, 0.4) is 0 Å². The molecule has 1 aliphatic heterocycles. The number of hydrogen-bond donors (Lipinski definition) is 1. The summed E-state index contributed by atoms with van der Waals surface area (Å²) in [6.07, 6.45) is 3.84. The van der Waals surface area contributed by atoms with Crippen molar-refractivity contribution >= 4 is 12.0 Å². The highest BCUT2D eigenvalue weighted by molar-refractivity contribution is 5.95. The minimum atomic E-state index is -0.673. The minimum Gasteiger partial charge on any atom is -0.497 e. The van der Waals surface area contributed by atoms with Gasteiger partial charge in [-0.2, -0.15) is 0 Å². The Kier molecular flexibility index (Phi) is 5.58. The molecular weight excluding hydrogens is 348 g/mol. The largest absolute Gasteiger partial charge is 0.497 e. The number of carbonyl (C=O) groups is 2. The van der Waals surface area contributed by atoms with Crippen LogP contribution in [0.5, 0.6) is 11.5 Å². The van der Waals surface area contributed by atoms with Gasteiger partial charge < -0.3 is 24.4 Å². The lowest BCUT2D eigenvalue weighted by atomic mass is 9.94. The summed E-state index contributed by atoms with van der Waals surface area (Å²) in [4.78, 5) is 26.9. The number of esters is 1. The van der Waals surface area contributed by atoms with Crippen LogP contribution in [0.4, 0.5) is 4.79 Å². The Morgan fingerprint density at radius 3 is 2.52 bits per heavy atom. The first-order valence-corrected chi connectivity index (χ1v) is 9.14. The van der Waals surface area contributed by atoms with Crippen LogP contribution in [0, 0.1) is 0 Å². The second-order valence-corrected chi connectivity index (χ2v) is 6.86. The van der Waals surface area contributed by atoms with E-state index >= 15 is 0 Å². The van der Waals surface area contributed by atoms with Crippen LogP contribution in [0.1, 0.15) is 44.2 Å². The van der Waals surface area contributed by atoms with E-state index in [0.717, 1.165) is 25.7 Å². The van der Waals surface area contributed by atoms with Gasteiger partial charge in [0.05, 0.1) is 25.8 Å². The molecule has 27 heavy (non-hydrogen) atoms. The molecule has 0 bridgehead atoms. The second-order valence-electron chi connectivity index (χ2n) is 6.86. The molecule has 1 aliphatic carbocycles. The van der Waals surface area contributed by atoms with Crippen LogP contribution in [0.15, 0.2) is 29.5 Å². The number of benzene rings is 1. The number of nitrogens with zero attached hydrogens (tertiary/aromatic N) is 1. The summed E-state index contributed by atoms with van der Waals surface area (Å²) in [5.41, 5.74) is 1.63. The van der Waals surface area contributed by atoms with Crippen molar-refractivity contribution in [1.82, 2.24) is 10.2 Å². The van der Waals surface area contributed by atoms with E-state index in [4.69, 9.17) is 14.2 Å². The van der Waals surface area contributed by atoms with E-state index in [0.29, 0.717) is 28.3 Å². The molecule has 0 saturated heterocycles. The standard InChI is InChI=1S/C20H26N2O5/c1-12-17(19(23)27-13-7-5-6-8-13)18(21-20(24)22(12)2)15-11-14(25-3)9-10-16(15)26-4/h9-11,13,18H,5-8H2,1-4H3,(H,21,24)/t18-/m0/s1. The summed E-state index contributed by atoms with van der Waals surface area (Å²) in [5, 5.41) is 2.89. The molecule has 0 spiro atoms. The molecule has 1 N–H and O–H groups in total. The van der Waals surface area contributed by atoms with E-state index < -0.39 is 12.0 Å². The summed E-state index contributed by atoms with van der Waals surface area (Å²) in [6.45, 7) is 1.75. The first-order chi connectivity index (χ1) is 13.0. The second kappa shape index (κ2) is 7.90. The molecule has 146 valence electrons. The van der Waals surface area contributed by atoms with Gasteiger partial charge in [0.1, 0.15) is 17.6 Å². The Hall–Kier alpha value is -2.70. The molecule has 0 aromatic heterocycles. The molecule has 0 radical (unpaired) electrons. The Labute approximate surface area is 159 Å². The van der Waals surface area contributed by atoms with Gasteiger partial charge in [0.2, 0.25) is 0 Å². The van der Waals surface area contributed by atoms with Gasteiger partial charge in [0.15, 0.2) is 0 Å². The summed E-state index contributed by atoms with van der Waals surface area (Å²) in [7, 11) is 4.75. The van der Waals surface area contributed by atoms with Gasteiger partial charge in [-0.3, -0.25) is 0 Å². The topological polar surface area (TPSA) is 77.1 Å². The summed E-state index contributed by atoms with van der Waals surface area (Å²) < 4.78 is 16.5. The number of nitrogens with one attached hydrogen (secondary N) is 1. The zero-order chi connectivity index (χ0) is 19.6. The fraction of sp³-hybridized carbons (Fsp3) is 0.500. The van der Waals surface area contributed by atoms with Gasteiger partial charge in [-0.15, -0.1) is 0 Å². The maximum Gasteiger partial charge on any atom is 0.338 e. The molecule has 1 saturated carbocycles. The van der Waals surface area contributed by atoms with Gasteiger partial charge >= 0.3 is 12.0 Å². The highest BCUT2D eigenvalue weighted by Gasteiger charge is 2.37. The van der Waals surface area contributed by atoms with Crippen LogP contribution in [-0.4, -0.2) is 44.3 Å². The Morgan fingerprint density at radius 1 is 1.19 bits per heavy atom. The van der Waals surface area contributed by atoms with E-state index in [-0.39, 0.29) is 12.1 Å². The quantitative estimate of drug-likeness (QED) is 0.801. The van der Waals surface area contributed by atoms with Crippen LogP contribution in [-0.2, 0) is 9.53 Å². The SMILES string of the molecule is COc1ccc(OC)c([C@@H]2NC(=O)N(C)C(C)=C2C(=O)OC2CCCC2)c1. The van der Waals surface area contributed by atoms with Crippen molar-refractivity contribution in [1.29, 1.82) is 0 Å². The lowest BCUT2D eigenvalue weighted by molar-refractivity contribution is -0.144. The van der Waals surface area contributed by atoms with Crippen molar-refractivity contribution in [3.05, 3.63) is 35.0 Å². The van der Waals surface area contributed by atoms with Crippen molar-refractivity contribution < 1.29 is 23.8 Å². The summed E-state index contributed by atoms with van der Waals surface area (Å²) in [6, 6.07) is 4.33. The van der Waals surface area contributed by atoms with Crippen molar-refractivity contribution in [2.45, 2.75) is 44.8 Å². The Morgan fingerprint density at radius 2 is 1.89 bits per heavy atom. The first kappa shape index (κ1) is 19.1. The molecule has 2 aliphatic rings. The fourth-order valence-electron chi connectivity index (χ4n) is 3.62. The maximum atomic E-state index is 13.0. The molecule has 1 atom stereocenters. The number of rotatable bonds is 5. The molecule has 1 aromatic carbocycles. The normalized spacial score (nSPS) is 20.5. The third kappa shape index (κ3) is 3.72. The number of urea groups is 1. The predicted molar refractivity (Wildman–Crippen MR) is 99.6 cm³/mol. The van der Waals surface area contributed by atoms with Crippen molar-refractivity contribution in [3.8, 4) is 11.5 Å². The lowest BCUT2D eigenvalue weighted by Crippen LogP contribution is -2.46. The van der Waals surface area contributed by atoms with Gasteiger partial charge in [0, 0.05) is 18.3 Å². The van der Waals surface area contributed by atoms with Gasteiger partial charge in [-0.05, 0) is 50.8 Å². The highest BCUT2D eigenvalue weighted by atomic mass is 16.5. The molecule has 0 unspecified atom stereocenters. The van der Waals surface area contributed by atoms with Gasteiger partial charge in [-0.25, -0.2) is 9.59 Å². The van der Waals surface area contributed by atoms with E-state index in [9.17, 15) is 9.59 Å². The Balaban J connectivity index is 2.03. The first-order valence-electron chi connectivity index (χ1n) is 9.14. The van der Waals surface area contributed by atoms with E-state index in [1.807, 2.05) is 0 Å². The van der Waals surface area contributed by atoms with E-state index in [1.165, 1.54) is 4.90 Å². The molecule has 1 aromatic rings. The van der Waals surface area contributed by atoms with Crippen molar-refractivity contribution in [3.63, 3.8) is 0 Å². The van der Waals surface area contributed by atoms with Crippen LogP contribution < -0.4 is 14.8 Å². The molecular formula is C20H26N2O5. The number of amides is 2. The van der Waals surface area contributed by atoms with Crippen LogP contribution >= 0.6 is 0 Å². The van der Waals surface area contributed by atoms with Gasteiger partial charge in [0.25, 0.3) is 0 Å². The maximum absolute atomic E-state index is 13.0. The summed E-state index contributed by atoms with van der Waals surface area (Å²) in [5.74, 6) is 0.769. The molecule has 7 heteroatoms. The molecule has 2 amide bonds. The average Bonchev–Trinajstić information content (AvgIpc) is 3.18. The number of methoxy groups -OCH3 is 2. The monoisotopic (exact) mass is 374 g/mol. The Bertz CT molecular complexity index is 768. The molecule has 3 rings (SSSR count). The van der Waals surface area contributed by atoms with E-state index in [2.05, 4.69) is 5.32 Å². The van der Waals surface area contributed by atoms with E-state index in [1.54, 1.807) is 46.4 Å². The highest BCUT2D eigenvalue weighted by Crippen LogP contribution is 2.38. The number of allylic oxidation sites excluding steroid dienone is 1. The molecule has 1 fully saturated rings. The predicted octanol–water partition coefficient (Wildman–Crippen LogP) is 3.16. The fourth-order valence-corrected chi connectivity index (χ4v) is 3.62. The smallest absolute Gasteiger partial charge is 0.338 e. The van der Waals surface area contributed by atoms with Crippen molar-refractivity contribution in [2.24, 2.45) is 0 Å². The van der Waals surface area contributed by atoms with Crippen LogP contribution in [0.25, 0.3) is 0 Å². The molecule has 1 heterocycles. The third-order valence-electron chi connectivity index (χ3n) is 5.30. The van der Waals surface area contributed by atoms with Crippen molar-refractivity contribution in [2.75, 3.05) is 21.3 Å². The lowest BCUT2D eigenvalue weighted by Gasteiger charge is -2.34. The van der Waals surface area contributed by atoms with Crippen LogP contribution in [0.2, 0.25) is 0 Å². The molecule has 7 nitrogen and oxygen atoms in total. The zero-order valence-corrected chi connectivity index (χ0v) is 16.2.